The summed E-state index contributed by atoms with van der Waals surface area (Å²) in [6, 6.07) is 4.41. The van der Waals surface area contributed by atoms with Crippen molar-refractivity contribution < 1.29 is 0 Å². The fraction of sp³-hybridized carbons (Fsp3) is 0.500. The first-order valence-electron chi connectivity index (χ1n) is 6.85. The zero-order valence-electron chi connectivity index (χ0n) is 11.2. The Morgan fingerprint density at radius 2 is 2.21 bits per heavy atom. The highest BCUT2D eigenvalue weighted by Crippen LogP contribution is 2.34. The molecule has 2 heterocycles. The van der Waals surface area contributed by atoms with Gasteiger partial charge in [0.2, 0.25) is 0 Å². The molecule has 0 fully saturated rings. The smallest absolute Gasteiger partial charge is 0.0970 e. The van der Waals surface area contributed by atoms with Crippen LogP contribution in [0, 0.1) is 0 Å². The number of aryl methyl sites for hydroxylation is 3. The highest BCUT2D eigenvalue weighted by atomic mass is 32.1. The lowest BCUT2D eigenvalue weighted by molar-refractivity contribution is 0.581. The minimum Gasteiger partial charge on any atom is -0.271 e. The third kappa shape index (κ3) is 2.45. The zero-order valence-corrected chi connectivity index (χ0v) is 12.0. The molecule has 1 atom stereocenters. The van der Waals surface area contributed by atoms with Crippen molar-refractivity contribution in [2.45, 2.75) is 38.1 Å². The quantitative estimate of drug-likeness (QED) is 0.514. The molecule has 3 N–H and O–H groups in total. The van der Waals surface area contributed by atoms with E-state index in [1.165, 1.54) is 42.5 Å². The first-order valence-corrected chi connectivity index (χ1v) is 7.66. The molecule has 0 spiro atoms. The Labute approximate surface area is 117 Å². The van der Waals surface area contributed by atoms with Crippen LogP contribution in [0.3, 0.4) is 0 Å². The summed E-state index contributed by atoms with van der Waals surface area (Å²) in [5, 5.41) is 4.23. The SMILES string of the molecule is Cn1nccc1C(NN)c1cc2c(s1)CCCCC2. The van der Waals surface area contributed by atoms with Gasteiger partial charge in [-0.05, 0) is 43.4 Å². The Morgan fingerprint density at radius 3 is 2.95 bits per heavy atom. The molecule has 0 aliphatic heterocycles. The number of rotatable bonds is 3. The molecule has 3 rings (SSSR count). The average molecular weight is 276 g/mol. The number of hydrazine groups is 1. The molecule has 1 unspecified atom stereocenters. The van der Waals surface area contributed by atoms with Crippen molar-refractivity contribution >= 4 is 11.3 Å². The number of nitrogens with two attached hydrogens (primary N) is 1. The van der Waals surface area contributed by atoms with Gasteiger partial charge in [0, 0.05) is 23.0 Å². The van der Waals surface area contributed by atoms with Crippen LogP contribution in [-0.4, -0.2) is 9.78 Å². The molecule has 102 valence electrons. The van der Waals surface area contributed by atoms with Crippen LogP contribution in [-0.2, 0) is 19.9 Å². The normalized spacial score (nSPS) is 16.9. The third-order valence-electron chi connectivity index (χ3n) is 3.87. The lowest BCUT2D eigenvalue weighted by Crippen LogP contribution is -2.29. The maximum atomic E-state index is 5.77. The molecule has 2 aromatic rings. The number of nitrogens with one attached hydrogen (secondary N) is 1. The van der Waals surface area contributed by atoms with Gasteiger partial charge in [-0.25, -0.2) is 5.43 Å². The minimum absolute atomic E-state index is 0.0458. The van der Waals surface area contributed by atoms with Gasteiger partial charge in [0.25, 0.3) is 0 Å². The summed E-state index contributed by atoms with van der Waals surface area (Å²) in [5.74, 6) is 5.77. The summed E-state index contributed by atoms with van der Waals surface area (Å²) in [6.07, 6.45) is 8.25. The summed E-state index contributed by atoms with van der Waals surface area (Å²) in [5.41, 5.74) is 5.57. The van der Waals surface area contributed by atoms with E-state index in [9.17, 15) is 0 Å². The van der Waals surface area contributed by atoms with Gasteiger partial charge in [-0.1, -0.05) is 6.42 Å². The van der Waals surface area contributed by atoms with E-state index < -0.39 is 0 Å². The van der Waals surface area contributed by atoms with Gasteiger partial charge in [0.15, 0.2) is 0 Å². The molecule has 2 aromatic heterocycles. The molecule has 5 heteroatoms. The largest absolute Gasteiger partial charge is 0.271 e. The number of aromatic nitrogens is 2. The van der Waals surface area contributed by atoms with Crippen molar-refractivity contribution in [3.05, 3.63) is 39.3 Å². The van der Waals surface area contributed by atoms with Gasteiger partial charge >= 0.3 is 0 Å². The predicted molar refractivity (Wildman–Crippen MR) is 78.0 cm³/mol. The number of thiophene rings is 1. The summed E-state index contributed by atoms with van der Waals surface area (Å²) in [4.78, 5) is 2.85. The van der Waals surface area contributed by atoms with Gasteiger partial charge in [0.1, 0.15) is 0 Å². The second kappa shape index (κ2) is 5.45. The van der Waals surface area contributed by atoms with Crippen LogP contribution in [0.25, 0.3) is 0 Å². The molecule has 0 saturated carbocycles. The van der Waals surface area contributed by atoms with Crippen LogP contribution in [0.5, 0.6) is 0 Å². The summed E-state index contributed by atoms with van der Waals surface area (Å²) >= 11 is 1.90. The van der Waals surface area contributed by atoms with Crippen molar-refractivity contribution in [1.82, 2.24) is 15.2 Å². The van der Waals surface area contributed by atoms with Crippen molar-refractivity contribution in [3.63, 3.8) is 0 Å². The molecule has 0 bridgehead atoms. The zero-order chi connectivity index (χ0) is 13.2. The van der Waals surface area contributed by atoms with Crippen LogP contribution in [0.1, 0.15) is 46.3 Å². The second-order valence-electron chi connectivity index (χ2n) is 5.14. The molecule has 1 aliphatic carbocycles. The second-order valence-corrected chi connectivity index (χ2v) is 6.31. The number of hydrogen-bond donors (Lipinski definition) is 2. The Kier molecular flexibility index (Phi) is 3.68. The standard InChI is InChI=1S/C14H20N4S/c1-18-11(7-8-16-18)14(17-15)13-9-10-5-3-2-4-6-12(10)19-13/h7-9,14,17H,2-6,15H2,1H3. The highest BCUT2D eigenvalue weighted by molar-refractivity contribution is 7.12. The first kappa shape index (κ1) is 12.8. The fourth-order valence-electron chi connectivity index (χ4n) is 2.81. The van der Waals surface area contributed by atoms with E-state index in [2.05, 4.69) is 16.6 Å². The van der Waals surface area contributed by atoms with E-state index >= 15 is 0 Å². The van der Waals surface area contributed by atoms with Crippen LogP contribution in [0.15, 0.2) is 18.3 Å². The van der Waals surface area contributed by atoms with E-state index in [1.54, 1.807) is 4.88 Å². The minimum atomic E-state index is 0.0458. The lowest BCUT2D eigenvalue weighted by Gasteiger charge is -2.14. The van der Waals surface area contributed by atoms with E-state index in [4.69, 9.17) is 5.84 Å². The Balaban J connectivity index is 1.94. The maximum absolute atomic E-state index is 5.77. The van der Waals surface area contributed by atoms with Gasteiger partial charge < -0.3 is 0 Å². The van der Waals surface area contributed by atoms with Crippen LogP contribution in [0.2, 0.25) is 0 Å². The van der Waals surface area contributed by atoms with E-state index in [0.29, 0.717) is 0 Å². The highest BCUT2D eigenvalue weighted by Gasteiger charge is 2.21. The van der Waals surface area contributed by atoms with Crippen molar-refractivity contribution in [2.24, 2.45) is 12.9 Å². The monoisotopic (exact) mass is 276 g/mol. The number of nitrogens with zero attached hydrogens (tertiary/aromatic N) is 2. The van der Waals surface area contributed by atoms with Crippen LogP contribution < -0.4 is 11.3 Å². The molecular weight excluding hydrogens is 256 g/mol. The third-order valence-corrected chi connectivity index (χ3v) is 5.17. The molecule has 0 amide bonds. The summed E-state index contributed by atoms with van der Waals surface area (Å²) in [7, 11) is 1.96. The predicted octanol–water partition coefficient (Wildman–Crippen LogP) is 2.30. The Bertz CT molecular complexity index is 534. The van der Waals surface area contributed by atoms with Crippen molar-refractivity contribution in [1.29, 1.82) is 0 Å². The van der Waals surface area contributed by atoms with Gasteiger partial charge in [-0.2, -0.15) is 5.10 Å². The molecule has 0 aromatic carbocycles. The molecule has 19 heavy (non-hydrogen) atoms. The number of hydrogen-bond acceptors (Lipinski definition) is 4. The van der Waals surface area contributed by atoms with Crippen molar-refractivity contribution in [2.75, 3.05) is 0 Å². The maximum Gasteiger partial charge on any atom is 0.0970 e. The van der Waals surface area contributed by atoms with Crippen LogP contribution >= 0.6 is 11.3 Å². The Morgan fingerprint density at radius 1 is 1.37 bits per heavy atom. The number of fused-ring (bicyclic) bond motifs is 1. The van der Waals surface area contributed by atoms with Gasteiger partial charge in [0.05, 0.1) is 11.7 Å². The molecule has 0 saturated heterocycles. The Hall–Kier alpha value is -1.17. The van der Waals surface area contributed by atoms with E-state index in [1.807, 2.05) is 35.3 Å². The average Bonchev–Trinajstić information content (AvgIpc) is 2.93. The topological polar surface area (TPSA) is 55.9 Å². The molecular formula is C14H20N4S. The fourth-order valence-corrected chi connectivity index (χ4v) is 4.14. The van der Waals surface area contributed by atoms with Crippen molar-refractivity contribution in [3.8, 4) is 0 Å². The first-order chi connectivity index (χ1) is 9.29. The molecule has 1 aliphatic rings. The summed E-state index contributed by atoms with van der Waals surface area (Å²) < 4.78 is 1.88. The van der Waals surface area contributed by atoms with E-state index in [0.717, 1.165) is 5.69 Å². The molecule has 0 radical (unpaired) electrons. The van der Waals surface area contributed by atoms with E-state index in [-0.39, 0.29) is 6.04 Å². The van der Waals surface area contributed by atoms with Gasteiger partial charge in [-0.3, -0.25) is 10.5 Å². The lowest BCUT2D eigenvalue weighted by atomic mass is 10.1. The van der Waals surface area contributed by atoms with Gasteiger partial charge in [-0.15, -0.1) is 11.3 Å². The summed E-state index contributed by atoms with van der Waals surface area (Å²) in [6.45, 7) is 0. The van der Waals surface area contributed by atoms with Crippen LogP contribution in [0.4, 0.5) is 0 Å². The molecule has 4 nitrogen and oxygen atoms in total.